The lowest BCUT2D eigenvalue weighted by Crippen LogP contribution is -3.00. The summed E-state index contributed by atoms with van der Waals surface area (Å²) in [6.07, 6.45) is 15.5. The van der Waals surface area contributed by atoms with E-state index in [1.54, 1.807) is 13.8 Å². The minimum atomic E-state index is -0.119. The van der Waals surface area contributed by atoms with Gasteiger partial charge in [0.25, 0.3) is 0 Å². The van der Waals surface area contributed by atoms with Crippen molar-refractivity contribution in [1.82, 2.24) is 4.90 Å². The number of halogens is 1. The maximum Gasteiger partial charge on any atom is 0.303 e. The van der Waals surface area contributed by atoms with Crippen LogP contribution in [0.2, 0.25) is 0 Å². The zero-order chi connectivity index (χ0) is 28.3. The van der Waals surface area contributed by atoms with Crippen LogP contribution in [0.15, 0.2) is 12.7 Å². The first-order valence-corrected chi connectivity index (χ1v) is 16.7. The number of hydrogen-bond acceptors (Lipinski definition) is 5. The number of ether oxygens (including phenoxy) is 2. The van der Waals surface area contributed by atoms with Crippen LogP contribution in [0.25, 0.3) is 0 Å². The molecular weight excluding hydrogens is 580 g/mol. The number of carbonyl (C=O) groups is 2. The Balaban J connectivity index is 0.00000337. The fraction of sp³-hybridized carbons (Fsp3) is 0.882. The van der Waals surface area contributed by atoms with E-state index in [2.05, 4.69) is 31.4 Å². The smallest absolute Gasteiger partial charge is 0.303 e. The summed E-state index contributed by atoms with van der Waals surface area (Å²) in [5.41, 5.74) is 0.337. The van der Waals surface area contributed by atoms with Crippen LogP contribution in [0.5, 0.6) is 0 Å². The first-order chi connectivity index (χ1) is 19.1. The van der Waals surface area contributed by atoms with Gasteiger partial charge in [0.2, 0.25) is 0 Å². The molecule has 4 aliphatic carbocycles. The van der Waals surface area contributed by atoms with E-state index in [1.807, 2.05) is 0 Å². The average Bonchev–Trinajstić information content (AvgIpc) is 3.64. The zero-order valence-corrected chi connectivity index (χ0v) is 27.7. The van der Waals surface area contributed by atoms with Gasteiger partial charge in [-0.2, -0.15) is 0 Å². The Hall–Kier alpha value is -0.920. The highest BCUT2D eigenvalue weighted by atomic mass is 79.9. The molecule has 0 aromatic heterocycles. The fourth-order valence-electron chi connectivity index (χ4n) is 11.8. The number of carbonyl (C=O) groups excluding carboxylic acids is 2. The number of fused-ring (bicyclic) bond motifs is 5. The lowest BCUT2D eigenvalue weighted by molar-refractivity contribution is -0.937. The van der Waals surface area contributed by atoms with E-state index in [0.717, 1.165) is 43.4 Å². The highest BCUT2D eigenvalue weighted by Crippen LogP contribution is 2.68. The van der Waals surface area contributed by atoms with Crippen LogP contribution in [0.3, 0.4) is 0 Å². The van der Waals surface area contributed by atoms with Gasteiger partial charge in [0.1, 0.15) is 12.1 Å². The SMILES string of the molecule is C=CC[N+]1(C2CC3C4CCC5C[C@H](OC(C)=O)C(N6CCCC6)C[C@]5(C)C4CC[C@]3(C)[C@H]2OC(C)=O)CCCC1.[Br-]. The second-order valence-electron chi connectivity index (χ2n) is 15.3. The maximum atomic E-state index is 12.5. The van der Waals surface area contributed by atoms with Gasteiger partial charge in [-0.3, -0.25) is 14.5 Å². The van der Waals surface area contributed by atoms with Gasteiger partial charge >= 0.3 is 11.9 Å². The van der Waals surface area contributed by atoms with Crippen molar-refractivity contribution in [2.75, 3.05) is 32.7 Å². The molecule has 0 aromatic carbocycles. The number of quaternary nitrogens is 1. The third-order valence-electron chi connectivity index (χ3n) is 13.5. The van der Waals surface area contributed by atoms with E-state index in [-0.39, 0.29) is 52.0 Å². The summed E-state index contributed by atoms with van der Waals surface area (Å²) < 4.78 is 13.5. The molecule has 6 aliphatic rings. The Bertz CT molecular complexity index is 993. The van der Waals surface area contributed by atoms with E-state index in [4.69, 9.17) is 9.47 Å². The van der Waals surface area contributed by atoms with Crippen LogP contribution in [0.1, 0.15) is 98.3 Å². The Kier molecular flexibility index (Phi) is 9.12. The third-order valence-corrected chi connectivity index (χ3v) is 13.5. The van der Waals surface area contributed by atoms with Gasteiger partial charge < -0.3 is 30.9 Å². The Labute approximate surface area is 259 Å². The molecular formula is C34H55BrN2O4. The molecule has 6 nitrogen and oxygen atoms in total. The van der Waals surface area contributed by atoms with Crippen LogP contribution < -0.4 is 17.0 Å². The molecule has 0 aromatic rings. The van der Waals surface area contributed by atoms with Crippen LogP contribution in [-0.2, 0) is 19.1 Å². The molecule has 0 bridgehead atoms. The largest absolute Gasteiger partial charge is 1.00 e. The van der Waals surface area contributed by atoms with Crippen molar-refractivity contribution in [2.45, 2.75) is 123 Å². The van der Waals surface area contributed by atoms with Crippen molar-refractivity contribution in [3.05, 3.63) is 12.7 Å². The zero-order valence-electron chi connectivity index (χ0n) is 26.1. The summed E-state index contributed by atoms with van der Waals surface area (Å²) in [7, 11) is 0. The van der Waals surface area contributed by atoms with E-state index >= 15 is 0 Å². The molecule has 2 saturated heterocycles. The van der Waals surface area contributed by atoms with Crippen molar-refractivity contribution < 1.29 is 40.5 Å². The Morgan fingerprint density at radius 1 is 0.927 bits per heavy atom. The van der Waals surface area contributed by atoms with Crippen molar-refractivity contribution in [1.29, 1.82) is 0 Å². The molecule has 0 amide bonds. The third kappa shape index (κ3) is 5.26. The molecule has 232 valence electrons. The van der Waals surface area contributed by atoms with Gasteiger partial charge in [0.15, 0.2) is 6.10 Å². The molecule has 0 N–H and O–H groups in total. The van der Waals surface area contributed by atoms with Gasteiger partial charge in [0.05, 0.1) is 19.6 Å². The molecule has 6 rings (SSSR count). The lowest BCUT2D eigenvalue weighted by Gasteiger charge is -2.62. The van der Waals surface area contributed by atoms with Crippen LogP contribution >= 0.6 is 0 Å². The summed E-state index contributed by atoms with van der Waals surface area (Å²) in [4.78, 5) is 27.3. The summed E-state index contributed by atoms with van der Waals surface area (Å²) in [5, 5.41) is 0. The van der Waals surface area contributed by atoms with Crippen molar-refractivity contribution in [3.8, 4) is 0 Å². The van der Waals surface area contributed by atoms with Gasteiger partial charge in [-0.05, 0) is 99.6 Å². The number of hydrogen-bond donors (Lipinski definition) is 0. The minimum Gasteiger partial charge on any atom is -1.00 e. The van der Waals surface area contributed by atoms with Crippen molar-refractivity contribution in [3.63, 3.8) is 0 Å². The first kappa shape index (κ1) is 31.5. The predicted octanol–water partition coefficient (Wildman–Crippen LogP) is 2.75. The molecule has 41 heavy (non-hydrogen) atoms. The van der Waals surface area contributed by atoms with E-state index in [0.29, 0.717) is 35.8 Å². The molecule has 4 saturated carbocycles. The van der Waals surface area contributed by atoms with Gasteiger partial charge in [-0.25, -0.2) is 0 Å². The Morgan fingerprint density at radius 2 is 1.61 bits per heavy atom. The quantitative estimate of drug-likeness (QED) is 0.256. The van der Waals surface area contributed by atoms with E-state index in [1.165, 1.54) is 64.5 Å². The molecule has 0 radical (unpaired) electrons. The fourth-order valence-corrected chi connectivity index (χ4v) is 11.8. The molecule has 7 heteroatoms. The Morgan fingerprint density at radius 3 is 2.24 bits per heavy atom. The van der Waals surface area contributed by atoms with Gasteiger partial charge in [-0.15, -0.1) is 0 Å². The first-order valence-electron chi connectivity index (χ1n) is 16.7. The average molecular weight is 636 g/mol. The highest BCUT2D eigenvalue weighted by molar-refractivity contribution is 5.66. The van der Waals surface area contributed by atoms with Gasteiger partial charge in [0, 0.05) is 44.6 Å². The lowest BCUT2D eigenvalue weighted by atomic mass is 9.44. The maximum absolute atomic E-state index is 12.5. The number of likely N-dealkylation sites (tertiary alicyclic amines) is 2. The second-order valence-corrected chi connectivity index (χ2v) is 15.3. The number of nitrogens with zero attached hydrogens (tertiary/aromatic N) is 2. The summed E-state index contributed by atoms with van der Waals surface area (Å²) >= 11 is 0. The molecule has 6 unspecified atom stereocenters. The summed E-state index contributed by atoms with van der Waals surface area (Å²) in [6.45, 7) is 18.1. The summed E-state index contributed by atoms with van der Waals surface area (Å²) in [6, 6.07) is 0.747. The predicted molar refractivity (Wildman–Crippen MR) is 156 cm³/mol. The minimum absolute atomic E-state index is 0. The molecule has 0 spiro atoms. The van der Waals surface area contributed by atoms with Crippen LogP contribution in [0, 0.1) is 34.5 Å². The van der Waals surface area contributed by atoms with Crippen molar-refractivity contribution >= 4 is 11.9 Å². The molecule has 2 aliphatic heterocycles. The van der Waals surface area contributed by atoms with E-state index in [9.17, 15) is 9.59 Å². The summed E-state index contributed by atoms with van der Waals surface area (Å²) in [5.74, 6) is 2.40. The topological polar surface area (TPSA) is 55.8 Å². The van der Waals surface area contributed by atoms with Crippen LogP contribution in [0.4, 0.5) is 0 Å². The standard InChI is InChI=1S/C34H55N2O4.BrH/c1-6-17-36(18-9-10-19-36)30-21-28-26-12-11-25-20-31(39-23(2)37)29(35-15-7-8-16-35)22-34(25,5)27(26)13-14-33(28,4)32(30)40-24(3)38;/h6,25-32H,1,7-22H2,2-5H3;1H/q+1;/p-1/t25?,26?,27?,28?,29?,30?,31-,32-,33-,34-;/m0./s1. The highest BCUT2D eigenvalue weighted by Gasteiger charge is 2.67. The monoisotopic (exact) mass is 634 g/mol. The molecule has 10 atom stereocenters. The number of rotatable bonds is 6. The second kappa shape index (κ2) is 11.9. The van der Waals surface area contributed by atoms with Crippen LogP contribution in [-0.4, -0.2) is 78.3 Å². The molecule has 2 heterocycles. The van der Waals surface area contributed by atoms with Crippen molar-refractivity contribution in [2.24, 2.45) is 34.5 Å². The number of esters is 2. The molecule has 6 fully saturated rings. The van der Waals surface area contributed by atoms with Gasteiger partial charge in [-0.1, -0.05) is 20.4 Å². The van der Waals surface area contributed by atoms with E-state index < -0.39 is 0 Å². The normalized spacial score (nSPS) is 45.1.